The van der Waals surface area contributed by atoms with E-state index in [4.69, 9.17) is 4.74 Å². The third-order valence-electron chi connectivity index (χ3n) is 5.74. The molecule has 0 aromatic carbocycles. The number of rotatable bonds is 5. The Labute approximate surface area is 136 Å². The van der Waals surface area contributed by atoms with Gasteiger partial charge in [-0.2, -0.15) is 0 Å². The molecule has 5 nitrogen and oxygen atoms in total. The molecule has 1 aromatic heterocycles. The first-order valence-electron chi connectivity index (χ1n) is 8.62. The van der Waals surface area contributed by atoms with Crippen molar-refractivity contribution in [3.8, 4) is 0 Å². The number of hydrogen-bond acceptors (Lipinski definition) is 5. The largest absolute Gasteiger partial charge is 0.384 e. The summed E-state index contributed by atoms with van der Waals surface area (Å²) in [5, 5.41) is 0. The number of aromatic nitrogens is 2. The molecule has 1 aliphatic carbocycles. The van der Waals surface area contributed by atoms with E-state index in [0.717, 1.165) is 45.1 Å². The van der Waals surface area contributed by atoms with Gasteiger partial charge in [0.1, 0.15) is 0 Å². The van der Waals surface area contributed by atoms with Gasteiger partial charge in [-0.3, -0.25) is 0 Å². The number of anilines is 1. The van der Waals surface area contributed by atoms with E-state index in [1.54, 1.807) is 7.11 Å². The maximum absolute atomic E-state index is 13.0. The van der Waals surface area contributed by atoms with Crippen molar-refractivity contribution in [3.05, 3.63) is 18.2 Å². The van der Waals surface area contributed by atoms with E-state index in [1.165, 1.54) is 31.8 Å². The van der Waals surface area contributed by atoms with Crippen molar-refractivity contribution in [2.75, 3.05) is 51.3 Å². The molecule has 126 valence electrons. The Balaban J connectivity index is 1.48. The molecule has 3 aliphatic rings. The van der Waals surface area contributed by atoms with E-state index in [2.05, 4.69) is 19.8 Å². The minimum atomic E-state index is -0.378. The van der Waals surface area contributed by atoms with E-state index in [1.807, 2.05) is 0 Å². The predicted octanol–water partition coefficient (Wildman–Crippen LogP) is 1.80. The number of likely N-dealkylation sites (tertiary alicyclic amines) is 1. The van der Waals surface area contributed by atoms with E-state index >= 15 is 0 Å². The van der Waals surface area contributed by atoms with Gasteiger partial charge >= 0.3 is 0 Å². The average molecular weight is 320 g/mol. The van der Waals surface area contributed by atoms with Crippen LogP contribution < -0.4 is 4.90 Å². The Hall–Kier alpha value is -1.27. The van der Waals surface area contributed by atoms with E-state index in [9.17, 15) is 4.39 Å². The van der Waals surface area contributed by atoms with Gasteiger partial charge in [0.05, 0.1) is 19.0 Å². The highest BCUT2D eigenvalue weighted by Gasteiger charge is 2.51. The normalized spacial score (nSPS) is 31.4. The maximum Gasteiger partial charge on any atom is 0.225 e. The summed E-state index contributed by atoms with van der Waals surface area (Å²) in [6, 6.07) is 0. The molecule has 2 atom stereocenters. The smallest absolute Gasteiger partial charge is 0.225 e. The van der Waals surface area contributed by atoms with Crippen LogP contribution in [0.4, 0.5) is 10.3 Å². The zero-order valence-corrected chi connectivity index (χ0v) is 13.7. The zero-order chi connectivity index (χ0) is 15.9. The molecule has 23 heavy (non-hydrogen) atoms. The summed E-state index contributed by atoms with van der Waals surface area (Å²) >= 11 is 0. The lowest BCUT2D eigenvalue weighted by molar-refractivity contribution is 0.104. The molecule has 4 rings (SSSR count). The fourth-order valence-electron chi connectivity index (χ4n) is 4.38. The minimum Gasteiger partial charge on any atom is -0.384 e. The quantitative estimate of drug-likeness (QED) is 0.827. The third-order valence-corrected chi connectivity index (χ3v) is 5.74. The Morgan fingerprint density at radius 1 is 1.30 bits per heavy atom. The van der Waals surface area contributed by atoms with Crippen molar-refractivity contribution >= 4 is 5.95 Å². The predicted molar refractivity (Wildman–Crippen MR) is 85.8 cm³/mol. The second kappa shape index (κ2) is 5.98. The molecule has 0 N–H and O–H groups in total. The molecule has 1 aromatic rings. The van der Waals surface area contributed by atoms with Gasteiger partial charge in [0, 0.05) is 51.2 Å². The number of ether oxygens (including phenoxy) is 1. The van der Waals surface area contributed by atoms with Crippen LogP contribution >= 0.6 is 0 Å². The second-order valence-electron chi connectivity index (χ2n) is 7.52. The second-order valence-corrected chi connectivity index (χ2v) is 7.52. The van der Waals surface area contributed by atoms with Gasteiger partial charge in [0.15, 0.2) is 5.82 Å². The molecular weight excluding hydrogens is 295 g/mol. The van der Waals surface area contributed by atoms with Gasteiger partial charge in [0.25, 0.3) is 0 Å². The number of methoxy groups -OCH3 is 1. The van der Waals surface area contributed by atoms with Gasteiger partial charge in [0.2, 0.25) is 5.95 Å². The SMILES string of the molecule is COC[C@@H]1CN(CC2CC2)C[C@@]12CCN(c1ncc(F)cn1)C2. The standard InChI is InChI=1S/C17H25FN4O/c1-23-10-14-9-21(8-13-2-3-13)11-17(14)4-5-22(12-17)16-19-6-15(18)7-20-16/h6-7,13-14H,2-5,8-12H2,1H3/t14-,17+/m0/s1. The molecule has 0 unspecified atom stereocenters. The van der Waals surface area contributed by atoms with Crippen molar-refractivity contribution in [1.82, 2.24) is 14.9 Å². The lowest BCUT2D eigenvalue weighted by Crippen LogP contribution is -2.36. The molecule has 0 amide bonds. The Morgan fingerprint density at radius 3 is 2.78 bits per heavy atom. The molecule has 1 spiro atoms. The fourth-order valence-corrected chi connectivity index (χ4v) is 4.38. The first kappa shape index (κ1) is 15.3. The summed E-state index contributed by atoms with van der Waals surface area (Å²) in [5.41, 5.74) is 0.267. The fraction of sp³-hybridized carbons (Fsp3) is 0.765. The van der Waals surface area contributed by atoms with Crippen LogP contribution in [0.2, 0.25) is 0 Å². The molecule has 3 heterocycles. The van der Waals surface area contributed by atoms with Crippen molar-refractivity contribution in [1.29, 1.82) is 0 Å². The molecule has 1 saturated carbocycles. The van der Waals surface area contributed by atoms with Crippen LogP contribution in [-0.4, -0.2) is 61.3 Å². The lowest BCUT2D eigenvalue weighted by Gasteiger charge is -2.30. The van der Waals surface area contributed by atoms with Crippen LogP contribution in [0, 0.1) is 23.1 Å². The summed E-state index contributed by atoms with van der Waals surface area (Å²) < 4.78 is 18.6. The summed E-state index contributed by atoms with van der Waals surface area (Å²) in [6.45, 7) is 6.25. The first-order valence-corrected chi connectivity index (χ1v) is 8.62. The maximum atomic E-state index is 13.0. The molecule has 2 aliphatic heterocycles. The van der Waals surface area contributed by atoms with E-state index < -0.39 is 0 Å². The number of hydrogen-bond donors (Lipinski definition) is 0. The highest BCUT2D eigenvalue weighted by Crippen LogP contribution is 2.45. The first-order chi connectivity index (χ1) is 11.2. The Kier molecular flexibility index (Phi) is 3.97. The van der Waals surface area contributed by atoms with Crippen molar-refractivity contribution in [2.24, 2.45) is 17.3 Å². The highest BCUT2D eigenvalue weighted by molar-refractivity contribution is 5.33. The van der Waals surface area contributed by atoms with Crippen molar-refractivity contribution in [2.45, 2.75) is 19.3 Å². The number of halogens is 1. The van der Waals surface area contributed by atoms with Crippen LogP contribution in [0.5, 0.6) is 0 Å². The molecular formula is C17H25FN4O. The molecule has 2 saturated heterocycles. The topological polar surface area (TPSA) is 41.5 Å². The average Bonchev–Trinajstić information content (AvgIpc) is 3.15. The zero-order valence-electron chi connectivity index (χ0n) is 13.7. The van der Waals surface area contributed by atoms with Crippen LogP contribution in [0.15, 0.2) is 12.4 Å². The van der Waals surface area contributed by atoms with E-state index in [-0.39, 0.29) is 11.2 Å². The summed E-state index contributed by atoms with van der Waals surface area (Å²) in [5.74, 6) is 1.76. The number of nitrogens with zero attached hydrogens (tertiary/aromatic N) is 4. The Bertz CT molecular complexity index is 550. The summed E-state index contributed by atoms with van der Waals surface area (Å²) in [4.78, 5) is 13.2. The van der Waals surface area contributed by atoms with E-state index in [0.29, 0.717) is 11.9 Å². The van der Waals surface area contributed by atoms with Crippen molar-refractivity contribution < 1.29 is 9.13 Å². The van der Waals surface area contributed by atoms with Crippen molar-refractivity contribution in [3.63, 3.8) is 0 Å². The van der Waals surface area contributed by atoms with Crippen LogP contribution in [0.1, 0.15) is 19.3 Å². The summed E-state index contributed by atoms with van der Waals surface area (Å²) in [7, 11) is 1.80. The van der Waals surface area contributed by atoms with Crippen LogP contribution in [0.25, 0.3) is 0 Å². The highest BCUT2D eigenvalue weighted by atomic mass is 19.1. The van der Waals surface area contributed by atoms with Gasteiger partial charge in [-0.05, 0) is 25.2 Å². The van der Waals surface area contributed by atoms with Crippen LogP contribution in [0.3, 0.4) is 0 Å². The molecule has 0 bridgehead atoms. The monoisotopic (exact) mass is 320 g/mol. The van der Waals surface area contributed by atoms with Crippen LogP contribution in [-0.2, 0) is 4.74 Å². The van der Waals surface area contributed by atoms with Gasteiger partial charge in [-0.15, -0.1) is 0 Å². The third kappa shape index (κ3) is 3.06. The molecule has 3 fully saturated rings. The minimum absolute atomic E-state index is 0.267. The van der Waals surface area contributed by atoms with Gasteiger partial charge in [-0.1, -0.05) is 0 Å². The van der Waals surface area contributed by atoms with Gasteiger partial charge < -0.3 is 14.5 Å². The summed E-state index contributed by atoms with van der Waals surface area (Å²) in [6.07, 6.45) is 6.45. The molecule has 0 radical (unpaired) electrons. The van der Waals surface area contributed by atoms with Gasteiger partial charge in [-0.25, -0.2) is 14.4 Å². The lowest BCUT2D eigenvalue weighted by atomic mass is 9.78. The Morgan fingerprint density at radius 2 is 2.09 bits per heavy atom. The molecule has 6 heteroatoms.